The van der Waals surface area contributed by atoms with Crippen LogP contribution in [0.2, 0.25) is 0 Å². The summed E-state index contributed by atoms with van der Waals surface area (Å²) in [6.45, 7) is -0.436. The van der Waals surface area contributed by atoms with Crippen molar-refractivity contribution in [2.24, 2.45) is 35.0 Å². The summed E-state index contributed by atoms with van der Waals surface area (Å²) in [5, 5.41) is 0. The second-order valence-electron chi connectivity index (χ2n) is 9.54. The normalized spacial score (nSPS) is 40.2. The highest BCUT2D eigenvalue weighted by atomic mass is 19.3. The maximum atomic E-state index is 12.8. The van der Waals surface area contributed by atoms with Crippen molar-refractivity contribution in [2.45, 2.75) is 70.6 Å². The van der Waals surface area contributed by atoms with Crippen molar-refractivity contribution >= 4 is 11.9 Å². The minimum absolute atomic E-state index is 0.144. The van der Waals surface area contributed by atoms with Gasteiger partial charge in [0.25, 0.3) is 6.43 Å². The van der Waals surface area contributed by atoms with Gasteiger partial charge in [0.15, 0.2) is 6.61 Å². The van der Waals surface area contributed by atoms with Gasteiger partial charge in [0.05, 0.1) is 18.4 Å². The van der Waals surface area contributed by atoms with Gasteiger partial charge in [-0.1, -0.05) is 12.8 Å². The molecule has 0 amide bonds. The fourth-order valence-electron chi connectivity index (χ4n) is 6.75. The molecular weight excluding hydrogens is 354 g/mol. The Balaban J connectivity index is 1.34. The van der Waals surface area contributed by atoms with Gasteiger partial charge in [-0.15, -0.1) is 0 Å². The maximum absolute atomic E-state index is 12.8. The number of rotatable bonds is 6. The van der Waals surface area contributed by atoms with Gasteiger partial charge in [0.1, 0.15) is 0 Å². The first-order valence-corrected chi connectivity index (χ1v) is 10.6. The quantitative estimate of drug-likeness (QED) is 0.639. The molecule has 0 saturated heterocycles. The third-order valence-electron chi connectivity index (χ3n) is 7.41. The molecule has 5 fully saturated rings. The molecule has 5 aliphatic carbocycles. The molecule has 4 bridgehead atoms. The van der Waals surface area contributed by atoms with Crippen molar-refractivity contribution in [3.63, 3.8) is 0 Å². The molecule has 5 saturated carbocycles. The molecule has 5 aliphatic rings. The maximum Gasteiger partial charge on any atom is 0.310 e. The highest BCUT2D eigenvalue weighted by Crippen LogP contribution is 2.60. The van der Waals surface area contributed by atoms with E-state index in [1.165, 1.54) is 19.3 Å². The number of alkyl halides is 2. The molecule has 6 heteroatoms. The average Bonchev–Trinajstić information content (AvgIpc) is 2.63. The number of esters is 2. The topological polar surface area (TPSA) is 52.6 Å². The molecule has 5 rings (SSSR count). The molecule has 27 heavy (non-hydrogen) atoms. The van der Waals surface area contributed by atoms with Crippen LogP contribution in [0.1, 0.15) is 64.2 Å². The monoisotopic (exact) mass is 384 g/mol. The van der Waals surface area contributed by atoms with Crippen LogP contribution in [0.5, 0.6) is 0 Å². The molecule has 2 unspecified atom stereocenters. The van der Waals surface area contributed by atoms with E-state index in [2.05, 4.69) is 0 Å². The molecule has 0 radical (unpaired) electrons. The number of halogens is 2. The molecule has 0 aromatic rings. The van der Waals surface area contributed by atoms with Crippen LogP contribution in [0.3, 0.4) is 0 Å². The lowest BCUT2D eigenvalue weighted by molar-refractivity contribution is -0.170. The van der Waals surface area contributed by atoms with E-state index in [0.29, 0.717) is 19.4 Å². The first-order chi connectivity index (χ1) is 12.9. The fourth-order valence-corrected chi connectivity index (χ4v) is 6.75. The minimum Gasteiger partial charge on any atom is -0.465 e. The molecule has 2 atom stereocenters. The van der Waals surface area contributed by atoms with Gasteiger partial charge in [-0.2, -0.15) is 0 Å². The predicted octanol–water partition coefficient (Wildman–Crippen LogP) is 4.36. The van der Waals surface area contributed by atoms with Gasteiger partial charge in [0, 0.05) is 5.41 Å². The van der Waals surface area contributed by atoms with Crippen LogP contribution in [-0.2, 0) is 19.1 Å². The van der Waals surface area contributed by atoms with E-state index in [-0.39, 0.29) is 11.4 Å². The predicted molar refractivity (Wildman–Crippen MR) is 94.0 cm³/mol. The summed E-state index contributed by atoms with van der Waals surface area (Å²) in [7, 11) is 0. The Morgan fingerprint density at radius 2 is 1.33 bits per heavy atom. The molecule has 0 aromatic carbocycles. The van der Waals surface area contributed by atoms with Crippen LogP contribution < -0.4 is 0 Å². The minimum atomic E-state index is -2.68. The van der Waals surface area contributed by atoms with Gasteiger partial charge in [-0.05, 0) is 69.1 Å². The van der Waals surface area contributed by atoms with Crippen molar-refractivity contribution in [3.8, 4) is 0 Å². The number of hydrogen-bond donors (Lipinski definition) is 0. The summed E-state index contributed by atoms with van der Waals surface area (Å²) >= 11 is 0. The Labute approximate surface area is 159 Å². The van der Waals surface area contributed by atoms with Crippen LogP contribution in [0.4, 0.5) is 8.78 Å². The summed E-state index contributed by atoms with van der Waals surface area (Å²) in [4.78, 5) is 24.9. The molecule has 0 aliphatic heterocycles. The second kappa shape index (κ2) is 7.67. The van der Waals surface area contributed by atoms with E-state index < -0.39 is 30.8 Å². The number of hydrogen-bond acceptors (Lipinski definition) is 4. The lowest BCUT2D eigenvalue weighted by Gasteiger charge is -2.56. The van der Waals surface area contributed by atoms with Gasteiger partial charge in [-0.25, -0.2) is 8.78 Å². The highest BCUT2D eigenvalue weighted by Gasteiger charge is 2.51. The summed E-state index contributed by atoms with van der Waals surface area (Å²) in [5.41, 5.74) is 0.144. The molecule has 0 aromatic heterocycles. The van der Waals surface area contributed by atoms with E-state index in [1.54, 1.807) is 0 Å². The second-order valence-corrected chi connectivity index (χ2v) is 9.54. The van der Waals surface area contributed by atoms with Gasteiger partial charge < -0.3 is 9.47 Å². The highest BCUT2D eigenvalue weighted by molar-refractivity contribution is 5.82. The summed E-state index contributed by atoms with van der Waals surface area (Å²) in [5.74, 6) is 0.195. The molecule has 4 nitrogen and oxygen atoms in total. The van der Waals surface area contributed by atoms with E-state index in [9.17, 15) is 18.4 Å². The van der Waals surface area contributed by atoms with Crippen LogP contribution in [0, 0.1) is 35.0 Å². The molecule has 0 spiro atoms. The lowest BCUT2D eigenvalue weighted by atomic mass is 9.50. The summed E-state index contributed by atoms with van der Waals surface area (Å²) in [6.07, 6.45) is 7.59. The zero-order valence-electron chi connectivity index (χ0n) is 15.8. The summed E-state index contributed by atoms with van der Waals surface area (Å²) in [6, 6.07) is 0. The van der Waals surface area contributed by atoms with Crippen molar-refractivity contribution in [3.05, 3.63) is 0 Å². The zero-order chi connectivity index (χ0) is 19.0. The van der Waals surface area contributed by atoms with Gasteiger partial charge in [-0.3, -0.25) is 9.59 Å². The Kier molecular flexibility index (Phi) is 5.43. The Bertz CT molecular complexity index is 541. The zero-order valence-corrected chi connectivity index (χ0v) is 15.8. The van der Waals surface area contributed by atoms with Gasteiger partial charge >= 0.3 is 11.9 Å². The summed E-state index contributed by atoms with van der Waals surface area (Å²) < 4.78 is 35.1. The fraction of sp³-hybridized carbons (Fsp3) is 0.905. The molecule has 152 valence electrons. The first kappa shape index (κ1) is 19.1. The van der Waals surface area contributed by atoms with E-state index in [1.807, 2.05) is 0 Å². The average molecular weight is 384 g/mol. The standard InChI is InChI=1S/C21H30F2O4/c22-18(23)11-26-19(24)16-3-1-2-4-17(16)20(25)27-12-21-8-13-5-14(9-21)7-15(6-13)10-21/h13-18H,1-12H2. The largest absolute Gasteiger partial charge is 0.465 e. The van der Waals surface area contributed by atoms with E-state index in [0.717, 1.165) is 49.9 Å². The molecule has 0 N–H and O–H groups in total. The Morgan fingerprint density at radius 3 is 1.81 bits per heavy atom. The lowest BCUT2D eigenvalue weighted by Crippen LogP contribution is -2.49. The molecule has 0 heterocycles. The van der Waals surface area contributed by atoms with E-state index >= 15 is 0 Å². The van der Waals surface area contributed by atoms with Crippen LogP contribution in [0.25, 0.3) is 0 Å². The Morgan fingerprint density at radius 1 is 0.852 bits per heavy atom. The van der Waals surface area contributed by atoms with Crippen molar-refractivity contribution < 1.29 is 27.8 Å². The number of ether oxygens (including phenoxy) is 2. The number of carbonyl (C=O) groups excluding carboxylic acids is 2. The Hall–Kier alpha value is -1.20. The van der Waals surface area contributed by atoms with Crippen LogP contribution in [-0.4, -0.2) is 31.6 Å². The first-order valence-electron chi connectivity index (χ1n) is 10.6. The van der Waals surface area contributed by atoms with Crippen molar-refractivity contribution in [2.75, 3.05) is 13.2 Å². The van der Waals surface area contributed by atoms with Crippen molar-refractivity contribution in [1.29, 1.82) is 0 Å². The smallest absolute Gasteiger partial charge is 0.310 e. The SMILES string of the molecule is O=C(OCC(F)F)C1CCCCC1C(=O)OCC12CC3CC(CC(C3)C1)C2. The van der Waals surface area contributed by atoms with Gasteiger partial charge in [0.2, 0.25) is 0 Å². The third kappa shape index (κ3) is 4.14. The number of carbonyl (C=O) groups is 2. The molecular formula is C21H30F2O4. The third-order valence-corrected chi connectivity index (χ3v) is 7.41. The van der Waals surface area contributed by atoms with E-state index in [4.69, 9.17) is 9.47 Å². The van der Waals surface area contributed by atoms with Crippen LogP contribution >= 0.6 is 0 Å². The van der Waals surface area contributed by atoms with Crippen LogP contribution in [0.15, 0.2) is 0 Å². The van der Waals surface area contributed by atoms with Crippen molar-refractivity contribution in [1.82, 2.24) is 0 Å².